The first-order chi connectivity index (χ1) is 16.7. The number of amides is 3. The fourth-order valence-electron chi connectivity index (χ4n) is 5.79. The number of urea groups is 1. The van der Waals surface area contributed by atoms with Gasteiger partial charge in [0.25, 0.3) is 5.91 Å². The Balaban J connectivity index is 1.59. The minimum Gasteiger partial charge on any atom is -0.508 e. The molecule has 4 atom stereocenters. The maximum atomic E-state index is 14.3. The van der Waals surface area contributed by atoms with E-state index in [1.165, 1.54) is 11.0 Å². The fraction of sp³-hybridized carbons (Fsp3) is 0.385. The van der Waals surface area contributed by atoms with Gasteiger partial charge in [-0.1, -0.05) is 29.7 Å². The first kappa shape index (κ1) is 23.5. The number of anilines is 1. The van der Waals surface area contributed by atoms with Crippen molar-refractivity contribution in [1.82, 2.24) is 14.7 Å². The van der Waals surface area contributed by atoms with Crippen molar-refractivity contribution in [2.45, 2.75) is 36.9 Å². The van der Waals surface area contributed by atoms with Crippen molar-refractivity contribution < 1.29 is 19.1 Å². The molecule has 3 aliphatic heterocycles. The number of nitrogens with one attached hydrogen (secondary N) is 1. The van der Waals surface area contributed by atoms with Crippen LogP contribution in [0.5, 0.6) is 5.75 Å². The third kappa shape index (κ3) is 3.62. The molecule has 0 aromatic heterocycles. The number of carbonyl (C=O) groups is 2. The van der Waals surface area contributed by atoms with E-state index in [1.54, 1.807) is 36.1 Å². The van der Waals surface area contributed by atoms with Crippen LogP contribution in [0.3, 0.4) is 0 Å². The largest absolute Gasteiger partial charge is 0.508 e. The van der Waals surface area contributed by atoms with Crippen molar-refractivity contribution >= 4 is 29.2 Å². The van der Waals surface area contributed by atoms with Gasteiger partial charge in [0, 0.05) is 24.7 Å². The summed E-state index contributed by atoms with van der Waals surface area (Å²) >= 11 is 6.12. The highest BCUT2D eigenvalue weighted by Crippen LogP contribution is 2.56. The van der Waals surface area contributed by atoms with Gasteiger partial charge in [-0.25, -0.2) is 9.18 Å². The molecule has 0 radical (unpaired) electrons. The van der Waals surface area contributed by atoms with Gasteiger partial charge in [0.1, 0.15) is 17.1 Å². The Morgan fingerprint density at radius 2 is 2.11 bits per heavy atom. The zero-order chi connectivity index (χ0) is 25.1. The van der Waals surface area contributed by atoms with Crippen molar-refractivity contribution in [2.75, 3.05) is 32.0 Å². The van der Waals surface area contributed by atoms with Gasteiger partial charge < -0.3 is 15.3 Å². The van der Waals surface area contributed by atoms with Crippen LogP contribution in [0.25, 0.3) is 0 Å². The SMILES string of the molecule is C#CCN(C)CCN1C(=O)N2[C@H](c3cccc(O)c3)C3Nc4cc(F)c(Cl)cc4C3C[C@@]2(C)C1=O. The maximum absolute atomic E-state index is 14.3. The highest BCUT2D eigenvalue weighted by atomic mass is 35.5. The maximum Gasteiger partial charge on any atom is 0.328 e. The summed E-state index contributed by atoms with van der Waals surface area (Å²) in [5.41, 5.74) is 0.984. The van der Waals surface area contributed by atoms with E-state index in [2.05, 4.69) is 11.2 Å². The van der Waals surface area contributed by atoms with E-state index >= 15 is 0 Å². The third-order valence-electron chi connectivity index (χ3n) is 7.44. The summed E-state index contributed by atoms with van der Waals surface area (Å²) < 4.78 is 14.3. The Labute approximate surface area is 208 Å². The lowest BCUT2D eigenvalue weighted by Gasteiger charge is -2.48. The number of phenolic OH excluding ortho intramolecular Hbond substituents is 1. The van der Waals surface area contributed by atoms with Gasteiger partial charge in [0.15, 0.2) is 0 Å². The lowest BCUT2D eigenvalue weighted by Crippen LogP contribution is -2.58. The summed E-state index contributed by atoms with van der Waals surface area (Å²) in [5, 5.41) is 13.6. The molecule has 9 heteroatoms. The minimum absolute atomic E-state index is 0.0136. The zero-order valence-corrected chi connectivity index (χ0v) is 20.2. The van der Waals surface area contributed by atoms with E-state index in [4.69, 9.17) is 18.0 Å². The van der Waals surface area contributed by atoms with Crippen LogP contribution in [0.2, 0.25) is 5.02 Å². The monoisotopic (exact) mass is 496 g/mol. The molecule has 3 heterocycles. The smallest absolute Gasteiger partial charge is 0.328 e. The van der Waals surface area contributed by atoms with E-state index in [0.29, 0.717) is 30.8 Å². The number of terminal acetylenes is 1. The van der Waals surface area contributed by atoms with Gasteiger partial charge >= 0.3 is 6.03 Å². The molecule has 2 fully saturated rings. The average Bonchev–Trinajstić information content (AvgIpc) is 3.23. The van der Waals surface area contributed by atoms with Crippen LogP contribution in [0, 0.1) is 18.2 Å². The molecular formula is C26H26ClFN4O3. The summed E-state index contributed by atoms with van der Waals surface area (Å²) in [6, 6.07) is 8.36. The molecule has 3 amide bonds. The van der Waals surface area contributed by atoms with Crippen molar-refractivity contribution in [1.29, 1.82) is 0 Å². The molecule has 0 saturated carbocycles. The summed E-state index contributed by atoms with van der Waals surface area (Å²) in [6.45, 7) is 2.86. The lowest BCUT2D eigenvalue weighted by atomic mass is 9.72. The van der Waals surface area contributed by atoms with Crippen molar-refractivity contribution in [3.8, 4) is 18.1 Å². The zero-order valence-electron chi connectivity index (χ0n) is 19.5. The van der Waals surface area contributed by atoms with Crippen LogP contribution in [0.1, 0.15) is 36.4 Å². The number of halogens is 2. The molecule has 5 rings (SSSR count). The molecular weight excluding hydrogens is 471 g/mol. The van der Waals surface area contributed by atoms with Crippen LogP contribution >= 0.6 is 11.6 Å². The average molecular weight is 497 g/mol. The van der Waals surface area contributed by atoms with Crippen LogP contribution in [-0.4, -0.2) is 70.0 Å². The number of benzene rings is 2. The molecule has 2 unspecified atom stereocenters. The summed E-state index contributed by atoms with van der Waals surface area (Å²) in [6.07, 6.45) is 5.74. The Kier molecular flexibility index (Phi) is 5.65. The molecule has 7 nitrogen and oxygen atoms in total. The van der Waals surface area contributed by atoms with Gasteiger partial charge in [-0.3, -0.25) is 14.6 Å². The number of imide groups is 1. The van der Waals surface area contributed by atoms with Gasteiger partial charge in [-0.15, -0.1) is 6.42 Å². The number of phenols is 1. The highest BCUT2D eigenvalue weighted by Gasteiger charge is 2.63. The minimum atomic E-state index is -1.12. The van der Waals surface area contributed by atoms with E-state index < -0.39 is 17.4 Å². The quantitative estimate of drug-likeness (QED) is 0.486. The third-order valence-corrected chi connectivity index (χ3v) is 7.73. The predicted molar refractivity (Wildman–Crippen MR) is 131 cm³/mol. The van der Waals surface area contributed by atoms with Crippen LogP contribution in [0.15, 0.2) is 36.4 Å². The molecule has 0 spiro atoms. The number of aromatic hydroxyl groups is 1. The number of rotatable bonds is 5. The molecule has 0 aliphatic carbocycles. The second-order valence-electron chi connectivity index (χ2n) is 9.70. The van der Waals surface area contributed by atoms with Crippen molar-refractivity contribution in [2.24, 2.45) is 0 Å². The molecule has 0 bridgehead atoms. The Morgan fingerprint density at radius 3 is 2.83 bits per heavy atom. The summed E-state index contributed by atoms with van der Waals surface area (Å²) in [4.78, 5) is 32.3. The first-order valence-electron chi connectivity index (χ1n) is 11.5. The van der Waals surface area contributed by atoms with Gasteiger partial charge in [-0.05, 0) is 55.8 Å². The molecule has 182 valence electrons. The number of piperidine rings is 1. The van der Waals surface area contributed by atoms with Crippen molar-refractivity contribution in [3.63, 3.8) is 0 Å². The number of likely N-dealkylation sites (N-methyl/N-ethyl adjacent to an activating group) is 1. The second kappa shape index (κ2) is 8.43. The summed E-state index contributed by atoms with van der Waals surface area (Å²) in [7, 11) is 1.84. The number of fused-ring (bicyclic) bond motifs is 4. The topological polar surface area (TPSA) is 76.1 Å². The molecule has 3 aliphatic rings. The molecule has 2 saturated heterocycles. The molecule has 2 aromatic rings. The Hall–Kier alpha value is -3.28. The standard InChI is InChI=1S/C26H26ClFN4O3/c1-4-8-30(3)9-10-31-24(34)26(2)14-18-17-12-19(27)20(28)13-21(17)29-22(18)23(32(26)25(31)35)15-6-5-7-16(33)11-15/h1,5-7,11-13,18,22-23,29,33H,8-10,14H2,2-3H3/t18?,22?,23-,26+/m1/s1. The van der Waals surface area contributed by atoms with Crippen LogP contribution in [0.4, 0.5) is 14.9 Å². The van der Waals surface area contributed by atoms with Gasteiger partial charge in [0.05, 0.1) is 23.7 Å². The number of carbonyl (C=O) groups excluding carboxylic acids is 2. The molecule has 2 aromatic carbocycles. The van der Waals surface area contributed by atoms with Crippen LogP contribution < -0.4 is 5.32 Å². The van der Waals surface area contributed by atoms with E-state index in [1.807, 2.05) is 18.0 Å². The number of hydrogen-bond donors (Lipinski definition) is 2. The highest BCUT2D eigenvalue weighted by molar-refractivity contribution is 6.31. The molecule has 2 N–H and O–H groups in total. The Morgan fingerprint density at radius 1 is 1.34 bits per heavy atom. The Bertz CT molecular complexity index is 1260. The normalized spacial score (nSPS) is 26.9. The number of nitrogens with zero attached hydrogens (tertiary/aromatic N) is 3. The van der Waals surface area contributed by atoms with E-state index in [-0.39, 0.29) is 41.2 Å². The van der Waals surface area contributed by atoms with Crippen LogP contribution in [-0.2, 0) is 4.79 Å². The van der Waals surface area contributed by atoms with Gasteiger partial charge in [-0.2, -0.15) is 0 Å². The molecule has 35 heavy (non-hydrogen) atoms. The number of hydrogen-bond acceptors (Lipinski definition) is 5. The van der Waals surface area contributed by atoms with E-state index in [9.17, 15) is 19.1 Å². The second-order valence-corrected chi connectivity index (χ2v) is 10.1. The predicted octanol–water partition coefficient (Wildman–Crippen LogP) is 3.80. The lowest BCUT2D eigenvalue weighted by molar-refractivity contribution is -0.135. The van der Waals surface area contributed by atoms with E-state index in [0.717, 1.165) is 5.56 Å². The first-order valence-corrected chi connectivity index (χ1v) is 11.8. The summed E-state index contributed by atoms with van der Waals surface area (Å²) in [5.74, 6) is 1.61. The van der Waals surface area contributed by atoms with Crippen molar-refractivity contribution in [3.05, 3.63) is 58.4 Å². The van der Waals surface area contributed by atoms with Gasteiger partial charge in [0.2, 0.25) is 0 Å². The fourth-order valence-corrected chi connectivity index (χ4v) is 5.97.